The summed E-state index contributed by atoms with van der Waals surface area (Å²) in [4.78, 5) is 12.5. The molecule has 7 nitrogen and oxygen atoms in total. The molecule has 2 rings (SSSR count). The van der Waals surface area contributed by atoms with Crippen LogP contribution >= 0.6 is 0 Å². The van der Waals surface area contributed by atoms with Crippen molar-refractivity contribution in [1.82, 2.24) is 9.62 Å². The second kappa shape index (κ2) is 8.53. The van der Waals surface area contributed by atoms with Crippen LogP contribution < -0.4 is 14.8 Å². The monoisotopic (exact) mass is 370 g/mol. The molecule has 1 saturated heterocycles. The molecule has 0 bridgehead atoms. The minimum absolute atomic E-state index is 0.266. The first-order valence-corrected chi connectivity index (χ1v) is 10.3. The molecule has 1 aliphatic heterocycles. The maximum Gasteiger partial charge on any atom is 0.238 e. The Morgan fingerprint density at radius 3 is 2.72 bits per heavy atom. The van der Waals surface area contributed by atoms with Crippen LogP contribution in [0.5, 0.6) is 11.5 Å². The van der Waals surface area contributed by atoms with Crippen molar-refractivity contribution in [2.75, 3.05) is 26.5 Å². The summed E-state index contributed by atoms with van der Waals surface area (Å²) in [5, 5.41) is 2.83. The van der Waals surface area contributed by atoms with Crippen molar-refractivity contribution < 1.29 is 22.7 Å². The van der Waals surface area contributed by atoms with Crippen LogP contribution in [0.3, 0.4) is 0 Å². The number of nitrogens with zero attached hydrogens (tertiary/aromatic N) is 1. The van der Waals surface area contributed by atoms with Crippen LogP contribution in [0.15, 0.2) is 18.2 Å². The average Bonchev–Trinajstić information content (AvgIpc) is 2.60. The zero-order valence-electron chi connectivity index (χ0n) is 14.9. The minimum atomic E-state index is -3.39. The molecule has 0 spiro atoms. The van der Waals surface area contributed by atoms with Crippen molar-refractivity contribution in [3.63, 3.8) is 0 Å². The molecule has 1 fully saturated rings. The predicted molar refractivity (Wildman–Crippen MR) is 95.2 cm³/mol. The van der Waals surface area contributed by atoms with E-state index in [4.69, 9.17) is 9.47 Å². The Balaban J connectivity index is 2.03. The molecule has 1 atom stereocenters. The Morgan fingerprint density at radius 1 is 1.32 bits per heavy atom. The van der Waals surface area contributed by atoms with Gasteiger partial charge in [-0.3, -0.25) is 4.79 Å². The van der Waals surface area contributed by atoms with Crippen LogP contribution in [0.2, 0.25) is 0 Å². The molecule has 1 heterocycles. The van der Waals surface area contributed by atoms with Crippen molar-refractivity contribution in [2.45, 2.75) is 38.8 Å². The fourth-order valence-electron chi connectivity index (χ4n) is 2.97. The van der Waals surface area contributed by atoms with Gasteiger partial charge in [0.05, 0.1) is 20.0 Å². The summed E-state index contributed by atoms with van der Waals surface area (Å²) in [6.07, 6.45) is 3.33. The van der Waals surface area contributed by atoms with Crippen molar-refractivity contribution in [1.29, 1.82) is 0 Å². The lowest BCUT2D eigenvalue weighted by molar-refractivity contribution is -0.125. The van der Waals surface area contributed by atoms with Crippen LogP contribution in [0.25, 0.3) is 0 Å². The summed E-state index contributed by atoms with van der Waals surface area (Å²) in [6, 6.07) is 4.82. The van der Waals surface area contributed by atoms with Gasteiger partial charge in [-0.15, -0.1) is 0 Å². The third kappa shape index (κ3) is 5.09. The molecule has 8 heteroatoms. The predicted octanol–water partition coefficient (Wildman–Crippen LogP) is 1.52. The number of sulfonamides is 1. The normalized spacial score (nSPS) is 18.6. The first-order chi connectivity index (χ1) is 11.9. The van der Waals surface area contributed by atoms with Gasteiger partial charge in [0.15, 0.2) is 11.5 Å². The third-order valence-electron chi connectivity index (χ3n) is 4.18. The first-order valence-electron chi connectivity index (χ1n) is 8.41. The Kier molecular flexibility index (Phi) is 6.66. The van der Waals surface area contributed by atoms with Gasteiger partial charge in [-0.2, -0.15) is 4.31 Å². The van der Waals surface area contributed by atoms with Crippen molar-refractivity contribution in [2.24, 2.45) is 0 Å². The van der Waals surface area contributed by atoms with Crippen LogP contribution in [0.1, 0.15) is 31.7 Å². The molecule has 0 aromatic heterocycles. The van der Waals surface area contributed by atoms with E-state index in [1.807, 2.05) is 13.0 Å². The highest BCUT2D eigenvalue weighted by Crippen LogP contribution is 2.28. The van der Waals surface area contributed by atoms with E-state index in [0.717, 1.165) is 24.7 Å². The number of piperidine rings is 1. The van der Waals surface area contributed by atoms with Gasteiger partial charge < -0.3 is 14.8 Å². The van der Waals surface area contributed by atoms with Crippen molar-refractivity contribution >= 4 is 15.9 Å². The van der Waals surface area contributed by atoms with Gasteiger partial charge in [0.25, 0.3) is 0 Å². The van der Waals surface area contributed by atoms with E-state index in [9.17, 15) is 13.2 Å². The summed E-state index contributed by atoms with van der Waals surface area (Å²) < 4.78 is 35.8. The molecule has 0 saturated carbocycles. The number of nitrogens with one attached hydrogen (secondary N) is 1. The van der Waals surface area contributed by atoms with Gasteiger partial charge in [0.2, 0.25) is 15.9 Å². The van der Waals surface area contributed by atoms with Crippen molar-refractivity contribution in [3.05, 3.63) is 23.8 Å². The van der Waals surface area contributed by atoms with Crippen LogP contribution in [-0.4, -0.2) is 51.2 Å². The topological polar surface area (TPSA) is 84.9 Å². The molecule has 1 aromatic rings. The van der Waals surface area contributed by atoms with Gasteiger partial charge >= 0.3 is 0 Å². The van der Waals surface area contributed by atoms with Gasteiger partial charge in [-0.25, -0.2) is 8.42 Å². The van der Waals surface area contributed by atoms with E-state index in [1.54, 1.807) is 19.2 Å². The molecular formula is C17H26N2O5S. The molecular weight excluding hydrogens is 344 g/mol. The van der Waals surface area contributed by atoms with Gasteiger partial charge in [-0.1, -0.05) is 12.5 Å². The number of methoxy groups -OCH3 is 1. The average molecular weight is 370 g/mol. The van der Waals surface area contributed by atoms with E-state index in [-0.39, 0.29) is 5.91 Å². The van der Waals surface area contributed by atoms with Gasteiger partial charge in [0.1, 0.15) is 6.04 Å². The molecule has 1 N–H and O–H groups in total. The van der Waals surface area contributed by atoms with Gasteiger partial charge in [0, 0.05) is 13.1 Å². The highest BCUT2D eigenvalue weighted by molar-refractivity contribution is 7.88. The number of ether oxygens (including phenoxy) is 2. The van der Waals surface area contributed by atoms with E-state index in [0.29, 0.717) is 37.6 Å². The lowest BCUT2D eigenvalue weighted by Crippen LogP contribution is -2.51. The highest BCUT2D eigenvalue weighted by atomic mass is 32.2. The number of rotatable bonds is 7. The van der Waals surface area contributed by atoms with Crippen LogP contribution in [0, 0.1) is 0 Å². The molecule has 25 heavy (non-hydrogen) atoms. The minimum Gasteiger partial charge on any atom is -0.493 e. The number of amides is 1. The van der Waals surface area contributed by atoms with Gasteiger partial charge in [-0.05, 0) is 37.5 Å². The maximum atomic E-state index is 12.5. The number of carbonyl (C=O) groups excluding carboxylic acids is 1. The first kappa shape index (κ1) is 19.5. The highest BCUT2D eigenvalue weighted by Gasteiger charge is 2.34. The molecule has 0 aliphatic carbocycles. The zero-order valence-corrected chi connectivity index (χ0v) is 15.8. The smallest absolute Gasteiger partial charge is 0.238 e. The quantitative estimate of drug-likeness (QED) is 0.787. The molecule has 0 radical (unpaired) electrons. The Bertz CT molecular complexity index is 705. The number of carbonyl (C=O) groups is 1. The number of benzene rings is 1. The zero-order chi connectivity index (χ0) is 18.4. The molecule has 1 amide bonds. The lowest BCUT2D eigenvalue weighted by Gasteiger charge is -2.32. The lowest BCUT2D eigenvalue weighted by atomic mass is 10.0. The largest absolute Gasteiger partial charge is 0.493 e. The Labute approximate surface area is 149 Å². The molecule has 140 valence electrons. The maximum absolute atomic E-state index is 12.5. The van der Waals surface area contributed by atoms with E-state index < -0.39 is 16.1 Å². The number of hydrogen-bond donors (Lipinski definition) is 1. The fraction of sp³-hybridized carbons (Fsp3) is 0.588. The SMILES string of the molecule is CCOc1ccc(CNC(=O)[C@H]2CCCCN2S(C)(=O)=O)cc1OC. The second-order valence-electron chi connectivity index (χ2n) is 6.02. The summed E-state index contributed by atoms with van der Waals surface area (Å²) in [5.74, 6) is 0.984. The third-order valence-corrected chi connectivity index (χ3v) is 5.47. The van der Waals surface area contributed by atoms with E-state index in [1.165, 1.54) is 4.31 Å². The standard InChI is InChI=1S/C17H26N2O5S/c1-4-24-15-9-8-13(11-16(15)23-2)12-18-17(20)14-7-5-6-10-19(14)25(3,21)22/h8-9,11,14H,4-7,10,12H2,1-3H3,(H,18,20)/t14-/m1/s1. The molecule has 1 aliphatic rings. The Morgan fingerprint density at radius 2 is 2.08 bits per heavy atom. The summed E-state index contributed by atoms with van der Waals surface area (Å²) in [5.41, 5.74) is 0.857. The van der Waals surface area contributed by atoms with E-state index >= 15 is 0 Å². The van der Waals surface area contributed by atoms with Crippen molar-refractivity contribution in [3.8, 4) is 11.5 Å². The van der Waals surface area contributed by atoms with Crippen LogP contribution in [0.4, 0.5) is 0 Å². The fourth-order valence-corrected chi connectivity index (χ4v) is 4.09. The number of hydrogen-bond acceptors (Lipinski definition) is 5. The summed E-state index contributed by atoms with van der Waals surface area (Å²) in [7, 11) is -1.83. The van der Waals surface area contributed by atoms with E-state index in [2.05, 4.69) is 5.32 Å². The summed E-state index contributed by atoms with van der Waals surface area (Å²) >= 11 is 0. The molecule has 1 aromatic carbocycles. The Hall–Kier alpha value is -1.80. The second-order valence-corrected chi connectivity index (χ2v) is 7.96. The summed E-state index contributed by atoms with van der Waals surface area (Å²) in [6.45, 7) is 3.13. The van der Waals surface area contributed by atoms with Crippen LogP contribution in [-0.2, 0) is 21.4 Å². The molecule has 0 unspecified atom stereocenters.